The van der Waals surface area contributed by atoms with Crippen molar-refractivity contribution in [1.82, 2.24) is 18.8 Å². The minimum Gasteiger partial charge on any atom is -0.331 e. The fourth-order valence-electron chi connectivity index (χ4n) is 5.11. The normalized spacial score (nSPS) is 24.3. The summed E-state index contributed by atoms with van der Waals surface area (Å²) in [4.78, 5) is 19.1. The monoisotopic (exact) mass is 496 g/mol. The van der Waals surface area contributed by atoms with Gasteiger partial charge >= 0.3 is 0 Å². The molecular formula is C20H22BrFN4O3S. The van der Waals surface area contributed by atoms with Crippen LogP contribution < -0.4 is 0 Å². The summed E-state index contributed by atoms with van der Waals surface area (Å²) in [5, 5.41) is 0. The Morgan fingerprint density at radius 3 is 2.63 bits per heavy atom. The van der Waals surface area contributed by atoms with Gasteiger partial charge in [0.1, 0.15) is 21.0 Å². The smallest absolute Gasteiger partial charge is 0.273 e. The van der Waals surface area contributed by atoms with Gasteiger partial charge in [-0.05, 0) is 54.2 Å². The van der Waals surface area contributed by atoms with E-state index in [1.165, 1.54) is 22.5 Å². The van der Waals surface area contributed by atoms with Crippen molar-refractivity contribution in [2.24, 2.45) is 5.41 Å². The Labute approximate surface area is 183 Å². The number of imidazole rings is 1. The fourth-order valence-corrected chi connectivity index (χ4v) is 7.33. The second-order valence-corrected chi connectivity index (χ2v) is 11.4. The zero-order chi connectivity index (χ0) is 21.3. The number of nitrogens with zero attached hydrogens (tertiary/aromatic N) is 4. The van der Waals surface area contributed by atoms with Crippen LogP contribution in [-0.4, -0.2) is 58.3 Å². The third-order valence-corrected chi connectivity index (χ3v) is 9.11. The van der Waals surface area contributed by atoms with Gasteiger partial charge < -0.3 is 9.47 Å². The predicted octanol–water partition coefficient (Wildman–Crippen LogP) is 2.87. The number of halogens is 2. The molecule has 1 spiro atoms. The number of aryl methyl sites for hydroxylation is 1. The van der Waals surface area contributed by atoms with Gasteiger partial charge in [0.05, 0.1) is 6.33 Å². The molecule has 0 bridgehead atoms. The summed E-state index contributed by atoms with van der Waals surface area (Å²) in [7, 11) is -3.83. The van der Waals surface area contributed by atoms with E-state index >= 15 is 0 Å². The number of amides is 1. The Morgan fingerprint density at radius 2 is 1.93 bits per heavy atom. The fraction of sp³-hybridized carbons (Fsp3) is 0.500. The molecule has 2 fully saturated rings. The van der Waals surface area contributed by atoms with E-state index in [4.69, 9.17) is 0 Å². The van der Waals surface area contributed by atoms with Gasteiger partial charge in [-0.15, -0.1) is 0 Å². The lowest BCUT2D eigenvalue weighted by molar-refractivity contribution is -0.0740. The molecule has 1 atom stereocenters. The highest BCUT2D eigenvalue weighted by Crippen LogP contribution is 2.52. The van der Waals surface area contributed by atoms with E-state index < -0.39 is 15.8 Å². The molecule has 1 amide bonds. The maximum atomic E-state index is 14.0. The topological polar surface area (TPSA) is 75.5 Å². The Morgan fingerprint density at radius 1 is 1.23 bits per heavy atom. The summed E-state index contributed by atoms with van der Waals surface area (Å²) in [5.41, 5.74) is 0.463. The van der Waals surface area contributed by atoms with Crippen LogP contribution in [0.2, 0.25) is 0 Å². The molecular weight excluding hydrogens is 475 g/mol. The largest absolute Gasteiger partial charge is 0.331 e. The van der Waals surface area contributed by atoms with Gasteiger partial charge in [-0.2, -0.15) is 4.31 Å². The first kappa shape index (κ1) is 20.1. The van der Waals surface area contributed by atoms with Crippen LogP contribution in [0.3, 0.4) is 0 Å². The molecule has 160 valence electrons. The molecule has 0 radical (unpaired) electrons. The van der Waals surface area contributed by atoms with E-state index in [0.29, 0.717) is 23.4 Å². The molecule has 2 aromatic rings. The quantitative estimate of drug-likeness (QED) is 0.654. The molecule has 10 heteroatoms. The van der Waals surface area contributed by atoms with Crippen LogP contribution in [0.15, 0.2) is 40.1 Å². The summed E-state index contributed by atoms with van der Waals surface area (Å²) in [6.07, 6.45) is 4.06. The molecule has 3 heterocycles. The average molecular weight is 497 g/mol. The number of hydrogen-bond acceptors (Lipinski definition) is 4. The Balaban J connectivity index is 1.29. The lowest BCUT2D eigenvalue weighted by Crippen LogP contribution is -2.68. The van der Waals surface area contributed by atoms with Crippen molar-refractivity contribution in [3.63, 3.8) is 0 Å². The van der Waals surface area contributed by atoms with Crippen LogP contribution in [0.1, 0.15) is 36.7 Å². The highest BCUT2D eigenvalue weighted by atomic mass is 79.9. The van der Waals surface area contributed by atoms with E-state index in [-0.39, 0.29) is 28.3 Å². The Hall–Kier alpha value is -1.78. The molecule has 3 aliphatic rings. The van der Waals surface area contributed by atoms with Crippen LogP contribution in [-0.2, 0) is 16.6 Å². The summed E-state index contributed by atoms with van der Waals surface area (Å²) in [6, 6.07) is 5.66. The van der Waals surface area contributed by atoms with Crippen molar-refractivity contribution in [2.75, 3.05) is 13.1 Å². The first-order valence-electron chi connectivity index (χ1n) is 10.00. The number of hydrogen-bond donors (Lipinski definition) is 0. The SMILES string of the molecule is C[C@@H]1CCn2cnc(Br)c2C(=O)N1C1CC2(C1)CN(S(=O)(=O)c1ccccc1F)C2. The molecule has 2 aliphatic heterocycles. The van der Waals surface area contributed by atoms with Crippen LogP contribution in [0.5, 0.6) is 0 Å². The average Bonchev–Trinajstić information content (AvgIpc) is 2.94. The first-order chi connectivity index (χ1) is 14.2. The second kappa shape index (κ2) is 6.86. The number of fused-ring (bicyclic) bond motifs is 1. The van der Waals surface area contributed by atoms with Gasteiger partial charge in [0.25, 0.3) is 5.91 Å². The van der Waals surface area contributed by atoms with E-state index in [1.807, 2.05) is 9.47 Å². The number of carbonyl (C=O) groups excluding carboxylic acids is 1. The molecule has 1 saturated heterocycles. The van der Waals surface area contributed by atoms with Gasteiger partial charge in [-0.25, -0.2) is 17.8 Å². The Bertz CT molecular complexity index is 1120. The second-order valence-electron chi connectivity index (χ2n) is 8.69. The van der Waals surface area contributed by atoms with Gasteiger partial charge in [-0.1, -0.05) is 12.1 Å². The molecule has 0 unspecified atom stereocenters. The number of rotatable bonds is 3. The maximum Gasteiger partial charge on any atom is 0.273 e. The van der Waals surface area contributed by atoms with E-state index in [2.05, 4.69) is 27.8 Å². The van der Waals surface area contributed by atoms with Crippen LogP contribution >= 0.6 is 15.9 Å². The van der Waals surface area contributed by atoms with Crippen molar-refractivity contribution in [3.8, 4) is 0 Å². The van der Waals surface area contributed by atoms with Gasteiger partial charge in [0.15, 0.2) is 0 Å². The molecule has 7 nitrogen and oxygen atoms in total. The minimum absolute atomic E-state index is 0.0283. The third kappa shape index (κ3) is 2.95. The van der Waals surface area contributed by atoms with E-state index in [0.717, 1.165) is 31.9 Å². The molecule has 0 N–H and O–H groups in total. The van der Waals surface area contributed by atoms with E-state index in [1.54, 1.807) is 6.33 Å². The summed E-state index contributed by atoms with van der Waals surface area (Å²) >= 11 is 3.39. The molecule has 1 aliphatic carbocycles. The zero-order valence-electron chi connectivity index (χ0n) is 16.5. The summed E-state index contributed by atoms with van der Waals surface area (Å²) < 4.78 is 43.3. The molecule has 30 heavy (non-hydrogen) atoms. The predicted molar refractivity (Wildman–Crippen MR) is 111 cm³/mol. The number of benzene rings is 1. The van der Waals surface area contributed by atoms with Gasteiger partial charge in [0, 0.05) is 37.1 Å². The minimum atomic E-state index is -3.83. The van der Waals surface area contributed by atoms with Crippen molar-refractivity contribution < 1.29 is 17.6 Å². The van der Waals surface area contributed by atoms with Crippen LogP contribution in [0, 0.1) is 11.2 Å². The van der Waals surface area contributed by atoms with E-state index in [9.17, 15) is 17.6 Å². The van der Waals surface area contributed by atoms with Crippen molar-refractivity contribution in [1.29, 1.82) is 0 Å². The van der Waals surface area contributed by atoms with Crippen LogP contribution in [0.4, 0.5) is 4.39 Å². The number of carbonyl (C=O) groups is 1. The number of sulfonamides is 1. The summed E-state index contributed by atoms with van der Waals surface area (Å²) in [5.74, 6) is -0.754. The summed E-state index contributed by atoms with van der Waals surface area (Å²) in [6.45, 7) is 3.55. The highest BCUT2D eigenvalue weighted by molar-refractivity contribution is 9.10. The molecule has 1 saturated carbocycles. The Kier molecular flexibility index (Phi) is 4.61. The van der Waals surface area contributed by atoms with Crippen LogP contribution in [0.25, 0.3) is 0 Å². The number of aromatic nitrogens is 2. The molecule has 1 aromatic carbocycles. The van der Waals surface area contributed by atoms with Gasteiger partial charge in [-0.3, -0.25) is 4.79 Å². The first-order valence-corrected chi connectivity index (χ1v) is 12.2. The van der Waals surface area contributed by atoms with Gasteiger partial charge in [0.2, 0.25) is 10.0 Å². The standard InChI is InChI=1S/C20H22BrFN4O3S/c1-13-6-7-24-12-23-18(21)17(24)19(27)26(13)14-8-20(9-14)10-25(11-20)30(28,29)16-5-3-2-4-15(16)22/h2-5,12-14H,6-11H2,1H3/t13-/m1/s1. The lowest BCUT2D eigenvalue weighted by Gasteiger charge is -2.60. The molecule has 1 aromatic heterocycles. The van der Waals surface area contributed by atoms with Crippen molar-refractivity contribution in [3.05, 3.63) is 46.7 Å². The highest BCUT2D eigenvalue weighted by Gasteiger charge is 2.58. The van der Waals surface area contributed by atoms with Crippen molar-refractivity contribution in [2.45, 2.75) is 49.7 Å². The maximum absolute atomic E-state index is 14.0. The molecule has 5 rings (SSSR count). The lowest BCUT2D eigenvalue weighted by atomic mass is 9.61. The zero-order valence-corrected chi connectivity index (χ0v) is 18.9. The van der Waals surface area contributed by atoms with Crippen molar-refractivity contribution >= 4 is 31.9 Å². The third-order valence-electron chi connectivity index (χ3n) is 6.70.